The Kier molecular flexibility index (Phi) is 4.06. The molecule has 14 heavy (non-hydrogen) atoms. The van der Waals surface area contributed by atoms with Crippen molar-refractivity contribution < 1.29 is 9.68 Å². The maximum atomic E-state index is 9.08. The molecule has 1 aromatic heterocycles. The average molecular weight is 192 g/mol. The molecule has 0 spiro atoms. The van der Waals surface area contributed by atoms with E-state index in [1.807, 2.05) is 0 Å². The van der Waals surface area contributed by atoms with Crippen LogP contribution in [-0.2, 0) is 4.65 Å². The molecule has 0 bridgehead atoms. The first kappa shape index (κ1) is 10.6. The second kappa shape index (κ2) is 5.33. The molecule has 0 atom stereocenters. The van der Waals surface area contributed by atoms with E-state index in [2.05, 4.69) is 19.6 Å². The van der Waals surface area contributed by atoms with Crippen molar-refractivity contribution in [3.8, 4) is 0 Å². The molecule has 0 radical (unpaired) electrons. The number of rotatable bonds is 2. The molecule has 1 N–H and O–H groups in total. The van der Waals surface area contributed by atoms with Gasteiger partial charge in [0.2, 0.25) is 0 Å². The number of nitrogens with zero attached hydrogens (tertiary/aromatic N) is 4. The number of hydrogen-bond acceptors (Lipinski definition) is 4. The first-order valence-corrected chi connectivity index (χ1v) is 4.05. The van der Waals surface area contributed by atoms with Crippen LogP contribution < -0.4 is 0 Å². The van der Waals surface area contributed by atoms with E-state index in [-0.39, 0.29) is 5.96 Å². The number of hydrogen-bond donors (Lipinski definition) is 1. The van der Waals surface area contributed by atoms with Crippen molar-refractivity contribution in [1.29, 1.82) is 0 Å². The van der Waals surface area contributed by atoms with Crippen molar-refractivity contribution in [2.75, 3.05) is 7.11 Å². The predicted octanol–water partition coefficient (Wildman–Crippen LogP) is -0.353. The topological polar surface area (TPSA) is 72.0 Å². The van der Waals surface area contributed by atoms with E-state index >= 15 is 0 Å². The Labute approximate surface area is 82.7 Å². The van der Waals surface area contributed by atoms with Gasteiger partial charge in [-0.3, -0.25) is 0 Å². The zero-order valence-electron chi connectivity index (χ0n) is 8.03. The first-order chi connectivity index (χ1) is 6.74. The van der Waals surface area contributed by atoms with Crippen LogP contribution in [-0.4, -0.2) is 42.2 Å². The van der Waals surface area contributed by atoms with E-state index < -0.39 is 7.05 Å². The minimum atomic E-state index is -0.830. The third-order valence-electron chi connectivity index (χ3n) is 1.29. The van der Waals surface area contributed by atoms with Crippen LogP contribution in [0.25, 0.3) is 0 Å². The fourth-order valence-electron chi connectivity index (χ4n) is 0.806. The van der Waals surface area contributed by atoms with Crippen molar-refractivity contribution in [3.05, 3.63) is 18.5 Å². The first-order valence-electron chi connectivity index (χ1n) is 4.05. The van der Waals surface area contributed by atoms with Gasteiger partial charge in [0.1, 0.15) is 0 Å². The van der Waals surface area contributed by atoms with Crippen LogP contribution in [0.15, 0.2) is 28.3 Å². The van der Waals surface area contributed by atoms with Crippen LogP contribution in [0, 0.1) is 0 Å². The van der Waals surface area contributed by atoms with E-state index in [1.54, 1.807) is 18.5 Å². The fraction of sp³-hybridized carbons (Fsp3) is 0.333. The van der Waals surface area contributed by atoms with Gasteiger partial charge in [-0.15, -0.1) is 0 Å². The van der Waals surface area contributed by atoms with Gasteiger partial charge in [-0.1, -0.05) is 0 Å². The summed E-state index contributed by atoms with van der Waals surface area (Å²) in [6, 6.07) is 1.74. The molecular formula is C6H10B2N4O2. The van der Waals surface area contributed by atoms with Crippen molar-refractivity contribution in [2.24, 2.45) is 9.80 Å². The van der Waals surface area contributed by atoms with Crippen molar-refractivity contribution in [3.63, 3.8) is 0 Å². The summed E-state index contributed by atoms with van der Waals surface area (Å²) in [6.07, 6.45) is 3.27. The molecule has 0 saturated heterocycles. The van der Waals surface area contributed by atoms with Gasteiger partial charge in [-0.05, 0) is 0 Å². The molecule has 0 amide bonds. The van der Waals surface area contributed by atoms with E-state index in [9.17, 15) is 0 Å². The van der Waals surface area contributed by atoms with Crippen molar-refractivity contribution in [2.45, 2.75) is 6.82 Å². The quantitative estimate of drug-likeness (QED) is 0.395. The Morgan fingerprint density at radius 2 is 2.50 bits per heavy atom. The summed E-state index contributed by atoms with van der Waals surface area (Å²) in [6.45, 7) is 1.53. The number of aromatic nitrogens is 2. The van der Waals surface area contributed by atoms with Crippen LogP contribution in [0.1, 0.15) is 0 Å². The van der Waals surface area contributed by atoms with Gasteiger partial charge in [-0.25, -0.2) is 0 Å². The average Bonchev–Trinajstić information content (AvgIpc) is 2.64. The summed E-state index contributed by atoms with van der Waals surface area (Å²) in [5.74, 6) is 0.270. The van der Waals surface area contributed by atoms with Gasteiger partial charge < -0.3 is 0 Å². The summed E-state index contributed by atoms with van der Waals surface area (Å²) < 4.78 is 6.09. The Morgan fingerprint density at radius 1 is 1.71 bits per heavy atom. The SMILES string of the molecule is CO/B=N/C(=N/B(C)O)n1cccn1. The molecule has 0 unspecified atom stereocenters. The summed E-state index contributed by atoms with van der Waals surface area (Å²) in [4.78, 5) is 7.72. The van der Waals surface area contributed by atoms with Gasteiger partial charge in [0.05, 0.1) is 0 Å². The molecule has 1 aromatic rings. The Balaban J connectivity index is 2.88. The molecule has 8 heteroatoms. The third-order valence-corrected chi connectivity index (χ3v) is 1.29. The van der Waals surface area contributed by atoms with E-state index in [0.29, 0.717) is 0 Å². The molecule has 6 nitrogen and oxygen atoms in total. The summed E-state index contributed by atoms with van der Waals surface area (Å²) in [7, 11) is 1.87. The second-order valence-electron chi connectivity index (χ2n) is 2.48. The molecule has 0 saturated carbocycles. The molecule has 0 aliphatic rings. The van der Waals surface area contributed by atoms with Crippen LogP contribution in [0.2, 0.25) is 6.82 Å². The molecule has 0 aromatic carbocycles. The van der Waals surface area contributed by atoms with E-state index in [1.165, 1.54) is 25.9 Å². The van der Waals surface area contributed by atoms with Gasteiger partial charge in [0, 0.05) is 0 Å². The van der Waals surface area contributed by atoms with Crippen LogP contribution >= 0.6 is 0 Å². The predicted molar refractivity (Wildman–Crippen MR) is 54.1 cm³/mol. The molecule has 1 heterocycles. The molecule has 72 valence electrons. The second-order valence-corrected chi connectivity index (χ2v) is 2.48. The Bertz CT molecular complexity index is 323. The Morgan fingerprint density at radius 3 is 3.00 bits per heavy atom. The van der Waals surface area contributed by atoms with Crippen molar-refractivity contribution in [1.82, 2.24) is 9.78 Å². The zero-order chi connectivity index (χ0) is 10.4. The molecule has 0 aliphatic carbocycles. The molecule has 1 rings (SSSR count). The van der Waals surface area contributed by atoms with Crippen molar-refractivity contribution >= 4 is 20.3 Å². The van der Waals surface area contributed by atoms with Crippen LogP contribution in [0.3, 0.4) is 0 Å². The normalized spacial score (nSPS) is 11.5. The van der Waals surface area contributed by atoms with Crippen LogP contribution in [0.5, 0.6) is 0 Å². The maximum absolute atomic E-state index is 9.08. The molecule has 0 aliphatic heterocycles. The molecule has 0 fully saturated rings. The van der Waals surface area contributed by atoms with Gasteiger partial charge >= 0.3 is 81.9 Å². The summed E-state index contributed by atoms with van der Waals surface area (Å²) in [5.41, 5.74) is 0. The van der Waals surface area contributed by atoms with Gasteiger partial charge in [0.25, 0.3) is 0 Å². The monoisotopic (exact) mass is 192 g/mol. The third kappa shape index (κ3) is 3.14. The Hall–Kier alpha value is -1.43. The van der Waals surface area contributed by atoms with E-state index in [0.717, 1.165) is 0 Å². The van der Waals surface area contributed by atoms with Crippen LogP contribution in [0.4, 0.5) is 0 Å². The minimum absolute atomic E-state index is 0.270. The zero-order valence-corrected chi connectivity index (χ0v) is 8.03. The van der Waals surface area contributed by atoms with Gasteiger partial charge in [0.15, 0.2) is 0 Å². The summed E-state index contributed by atoms with van der Waals surface area (Å²) in [5, 5.41) is 13.0. The van der Waals surface area contributed by atoms with E-state index in [4.69, 9.17) is 5.02 Å². The standard InChI is InChI=1S/C6H10B2N4O2/c1-8(13)11-6(10-7-14-2)12-5-3-4-9-12/h3-5,13H,1-2H3/b11-6-. The fourth-order valence-corrected chi connectivity index (χ4v) is 0.806. The van der Waals surface area contributed by atoms with Gasteiger partial charge in [-0.2, -0.15) is 0 Å². The summed E-state index contributed by atoms with van der Waals surface area (Å²) >= 11 is 0. The molecular weight excluding hydrogens is 182 g/mol.